The Labute approximate surface area is 158 Å². The van der Waals surface area contributed by atoms with E-state index in [0.717, 1.165) is 5.56 Å². The van der Waals surface area contributed by atoms with Gasteiger partial charge in [0.15, 0.2) is 0 Å². The van der Waals surface area contributed by atoms with Crippen molar-refractivity contribution >= 4 is 47.0 Å². The van der Waals surface area contributed by atoms with Gasteiger partial charge in [-0.15, -0.1) is 0 Å². The van der Waals surface area contributed by atoms with Crippen LogP contribution in [0.3, 0.4) is 0 Å². The van der Waals surface area contributed by atoms with E-state index in [1.165, 1.54) is 12.3 Å². The van der Waals surface area contributed by atoms with Gasteiger partial charge in [-0.3, -0.25) is 9.78 Å². The molecular weight excluding hydrogens is 383 g/mol. The van der Waals surface area contributed by atoms with Crippen molar-refractivity contribution in [3.63, 3.8) is 0 Å². The Bertz CT molecular complexity index is 987. The topological polar surface area (TPSA) is 70.1 Å². The van der Waals surface area contributed by atoms with Crippen molar-refractivity contribution in [3.8, 4) is 11.3 Å². The van der Waals surface area contributed by atoms with Gasteiger partial charge in [0.25, 0.3) is 5.56 Å². The van der Waals surface area contributed by atoms with E-state index in [4.69, 9.17) is 34.8 Å². The van der Waals surface area contributed by atoms with Crippen LogP contribution in [-0.2, 0) is 0 Å². The third-order valence-corrected chi connectivity index (χ3v) is 4.40. The lowest BCUT2D eigenvalue weighted by Gasteiger charge is -2.05. The maximum absolute atomic E-state index is 11.8. The Hall–Kier alpha value is -2.34. The third kappa shape index (κ3) is 4.20. The zero-order valence-corrected chi connectivity index (χ0v) is 14.9. The summed E-state index contributed by atoms with van der Waals surface area (Å²) in [5.41, 5.74) is 4.17. The average Bonchev–Trinajstić information content (AvgIpc) is 2.61. The van der Waals surface area contributed by atoms with Crippen molar-refractivity contribution in [2.75, 3.05) is 5.43 Å². The van der Waals surface area contributed by atoms with Crippen LogP contribution in [0, 0.1) is 0 Å². The molecule has 3 aromatic rings. The summed E-state index contributed by atoms with van der Waals surface area (Å²) in [5, 5.41) is 5.07. The fourth-order valence-corrected chi connectivity index (χ4v) is 2.72. The largest absolute Gasteiger partial charge is 0.291 e. The summed E-state index contributed by atoms with van der Waals surface area (Å²) in [4.78, 5) is 18.7. The third-order valence-electron chi connectivity index (χ3n) is 3.25. The number of nitrogens with one attached hydrogen (secondary N) is 2. The molecule has 3 rings (SSSR count). The standard InChI is InChI=1S/C17H11Cl3N4O/c18-12-6-7-13(19)16(20)11(12)9-21-24-17-22-14(8-15(25)23-17)10-4-2-1-3-5-10/h1-9H,(H2,22,23,24,25)/b21-9-. The van der Waals surface area contributed by atoms with Crippen LogP contribution in [0.15, 0.2) is 58.4 Å². The zero-order chi connectivity index (χ0) is 17.8. The van der Waals surface area contributed by atoms with E-state index in [9.17, 15) is 4.79 Å². The summed E-state index contributed by atoms with van der Waals surface area (Å²) >= 11 is 18.1. The fourth-order valence-electron chi connectivity index (χ4n) is 2.09. The van der Waals surface area contributed by atoms with E-state index in [2.05, 4.69) is 20.5 Å². The van der Waals surface area contributed by atoms with E-state index >= 15 is 0 Å². The molecule has 0 saturated carbocycles. The van der Waals surface area contributed by atoms with Crippen molar-refractivity contribution in [2.45, 2.75) is 0 Å². The van der Waals surface area contributed by atoms with Crippen LogP contribution in [0.2, 0.25) is 15.1 Å². The highest BCUT2D eigenvalue weighted by Crippen LogP contribution is 2.30. The van der Waals surface area contributed by atoms with Crippen LogP contribution < -0.4 is 11.0 Å². The smallest absolute Gasteiger partial charge is 0.252 e. The Morgan fingerprint density at radius 3 is 2.52 bits per heavy atom. The molecule has 2 aromatic carbocycles. The van der Waals surface area contributed by atoms with E-state index in [1.54, 1.807) is 12.1 Å². The fraction of sp³-hybridized carbons (Fsp3) is 0. The molecule has 0 aliphatic rings. The molecule has 25 heavy (non-hydrogen) atoms. The van der Waals surface area contributed by atoms with Crippen LogP contribution in [0.1, 0.15) is 5.56 Å². The molecule has 0 bridgehead atoms. The summed E-state index contributed by atoms with van der Waals surface area (Å²) in [6, 6.07) is 14.0. The second kappa shape index (κ2) is 7.70. The first-order valence-electron chi connectivity index (χ1n) is 7.14. The van der Waals surface area contributed by atoms with E-state index in [-0.39, 0.29) is 11.5 Å². The Balaban J connectivity index is 1.86. The first-order chi connectivity index (χ1) is 12.0. The van der Waals surface area contributed by atoms with Gasteiger partial charge >= 0.3 is 0 Å². The van der Waals surface area contributed by atoms with Gasteiger partial charge in [-0.25, -0.2) is 10.4 Å². The van der Waals surface area contributed by atoms with Gasteiger partial charge in [0, 0.05) is 17.2 Å². The number of rotatable bonds is 4. The number of benzene rings is 2. The van der Waals surface area contributed by atoms with E-state index in [1.807, 2.05) is 30.3 Å². The Kier molecular flexibility index (Phi) is 5.38. The van der Waals surface area contributed by atoms with Crippen molar-refractivity contribution in [1.29, 1.82) is 0 Å². The van der Waals surface area contributed by atoms with Crippen molar-refractivity contribution < 1.29 is 0 Å². The second-order valence-corrected chi connectivity index (χ2v) is 6.16. The second-order valence-electron chi connectivity index (χ2n) is 4.97. The van der Waals surface area contributed by atoms with Gasteiger partial charge in [-0.05, 0) is 12.1 Å². The van der Waals surface area contributed by atoms with E-state index < -0.39 is 0 Å². The molecule has 1 aromatic heterocycles. The summed E-state index contributed by atoms with van der Waals surface area (Å²) < 4.78 is 0. The highest BCUT2D eigenvalue weighted by atomic mass is 35.5. The number of hydrogen-bond donors (Lipinski definition) is 2. The molecule has 0 amide bonds. The molecule has 0 fully saturated rings. The van der Waals surface area contributed by atoms with Crippen LogP contribution in [0.25, 0.3) is 11.3 Å². The number of hydrazone groups is 1. The quantitative estimate of drug-likeness (QED) is 0.378. The van der Waals surface area contributed by atoms with Gasteiger partial charge in [0.05, 0.1) is 27.0 Å². The highest BCUT2D eigenvalue weighted by Gasteiger charge is 2.08. The van der Waals surface area contributed by atoms with Crippen molar-refractivity contribution in [2.24, 2.45) is 5.10 Å². The maximum Gasteiger partial charge on any atom is 0.252 e. The molecular formula is C17H11Cl3N4O. The molecule has 5 nitrogen and oxygen atoms in total. The van der Waals surface area contributed by atoms with Crippen molar-refractivity contribution in [1.82, 2.24) is 9.97 Å². The number of anilines is 1. The van der Waals surface area contributed by atoms with E-state index in [0.29, 0.717) is 26.3 Å². The minimum Gasteiger partial charge on any atom is -0.291 e. The van der Waals surface area contributed by atoms with Gasteiger partial charge < -0.3 is 0 Å². The lowest BCUT2D eigenvalue weighted by atomic mass is 10.1. The predicted molar refractivity (Wildman–Crippen MR) is 103 cm³/mol. The lowest BCUT2D eigenvalue weighted by Crippen LogP contribution is -2.10. The summed E-state index contributed by atoms with van der Waals surface area (Å²) in [5.74, 6) is 0.192. The first kappa shape index (κ1) is 17.5. The number of aromatic amines is 1. The number of hydrogen-bond acceptors (Lipinski definition) is 4. The Morgan fingerprint density at radius 1 is 1.04 bits per heavy atom. The van der Waals surface area contributed by atoms with Crippen LogP contribution >= 0.6 is 34.8 Å². The molecule has 0 saturated heterocycles. The van der Waals surface area contributed by atoms with Crippen LogP contribution in [0.5, 0.6) is 0 Å². The summed E-state index contributed by atoms with van der Waals surface area (Å²) in [7, 11) is 0. The molecule has 0 unspecified atom stereocenters. The number of halogens is 3. The maximum atomic E-state index is 11.8. The molecule has 0 aliphatic heterocycles. The molecule has 8 heteroatoms. The SMILES string of the molecule is O=c1cc(-c2ccccc2)nc(N/N=C\c2c(Cl)ccc(Cl)c2Cl)[nH]1. The summed E-state index contributed by atoms with van der Waals surface area (Å²) in [6.07, 6.45) is 1.41. The number of aromatic nitrogens is 2. The van der Waals surface area contributed by atoms with Crippen LogP contribution in [0.4, 0.5) is 5.95 Å². The molecule has 1 heterocycles. The molecule has 0 aliphatic carbocycles. The number of nitrogens with zero attached hydrogens (tertiary/aromatic N) is 2. The number of H-pyrrole nitrogens is 1. The van der Waals surface area contributed by atoms with Gasteiger partial charge in [0.2, 0.25) is 5.95 Å². The van der Waals surface area contributed by atoms with Gasteiger partial charge in [-0.2, -0.15) is 5.10 Å². The van der Waals surface area contributed by atoms with Crippen LogP contribution in [-0.4, -0.2) is 16.2 Å². The minimum atomic E-state index is -0.301. The van der Waals surface area contributed by atoms with Crippen molar-refractivity contribution in [3.05, 3.63) is 79.5 Å². The first-order valence-corrected chi connectivity index (χ1v) is 8.27. The normalized spacial score (nSPS) is 11.0. The zero-order valence-electron chi connectivity index (χ0n) is 12.6. The lowest BCUT2D eigenvalue weighted by molar-refractivity contribution is 1.09. The van der Waals surface area contributed by atoms with Gasteiger partial charge in [0.1, 0.15) is 0 Å². The predicted octanol–water partition coefficient (Wildman–Crippen LogP) is 4.84. The molecule has 0 spiro atoms. The molecule has 2 N–H and O–H groups in total. The monoisotopic (exact) mass is 392 g/mol. The Morgan fingerprint density at radius 2 is 1.76 bits per heavy atom. The van der Waals surface area contributed by atoms with Gasteiger partial charge in [-0.1, -0.05) is 65.1 Å². The summed E-state index contributed by atoms with van der Waals surface area (Å²) in [6.45, 7) is 0. The minimum absolute atomic E-state index is 0.192. The molecule has 0 radical (unpaired) electrons. The molecule has 126 valence electrons. The highest BCUT2D eigenvalue weighted by molar-refractivity contribution is 6.45. The molecule has 0 atom stereocenters. The average molecular weight is 394 g/mol.